The summed E-state index contributed by atoms with van der Waals surface area (Å²) in [6.07, 6.45) is 0. The number of thiazole rings is 1. The number of methoxy groups -OCH3 is 1. The molecule has 0 spiro atoms. The standard InChI is InChI=1S/C18H17FN2O2S/c1-12-6-3-4-7-13(12)17(22)20-18-21(10-11-23-2)16-14(19)8-5-9-15(16)24-18/h3-9H,10-11H2,1-2H3. The van der Waals surface area contributed by atoms with Crippen LogP contribution in [-0.2, 0) is 11.3 Å². The Hall–Kier alpha value is -2.31. The van der Waals surface area contributed by atoms with E-state index in [1.165, 1.54) is 17.4 Å². The third-order valence-electron chi connectivity index (χ3n) is 3.74. The number of aryl methyl sites for hydroxylation is 1. The van der Waals surface area contributed by atoms with Crippen molar-refractivity contribution in [2.45, 2.75) is 13.5 Å². The number of carbonyl (C=O) groups excluding carboxylic acids is 1. The molecule has 0 radical (unpaired) electrons. The number of para-hydroxylation sites is 1. The summed E-state index contributed by atoms with van der Waals surface area (Å²) in [4.78, 5) is 17.2. The van der Waals surface area contributed by atoms with Crippen molar-refractivity contribution in [3.05, 3.63) is 64.2 Å². The number of fused-ring (bicyclic) bond motifs is 1. The predicted octanol–water partition coefficient (Wildman–Crippen LogP) is 3.54. The number of amides is 1. The number of hydrogen-bond acceptors (Lipinski definition) is 3. The van der Waals surface area contributed by atoms with E-state index < -0.39 is 0 Å². The number of halogens is 1. The van der Waals surface area contributed by atoms with Gasteiger partial charge in [0.1, 0.15) is 5.82 Å². The molecule has 0 aliphatic carbocycles. The second kappa shape index (κ2) is 7.07. The predicted molar refractivity (Wildman–Crippen MR) is 92.7 cm³/mol. The zero-order valence-corrected chi connectivity index (χ0v) is 14.3. The second-order valence-corrected chi connectivity index (χ2v) is 6.36. The van der Waals surface area contributed by atoms with Crippen LogP contribution in [0.2, 0.25) is 0 Å². The van der Waals surface area contributed by atoms with Gasteiger partial charge < -0.3 is 9.30 Å². The van der Waals surface area contributed by atoms with E-state index in [-0.39, 0.29) is 11.7 Å². The van der Waals surface area contributed by atoms with Crippen molar-refractivity contribution in [1.29, 1.82) is 0 Å². The van der Waals surface area contributed by atoms with Crippen LogP contribution in [0.4, 0.5) is 4.39 Å². The average Bonchev–Trinajstić information content (AvgIpc) is 2.91. The first-order chi connectivity index (χ1) is 11.6. The summed E-state index contributed by atoms with van der Waals surface area (Å²) in [6, 6.07) is 12.2. The lowest BCUT2D eigenvalue weighted by atomic mass is 10.1. The van der Waals surface area contributed by atoms with Crippen LogP contribution in [0.3, 0.4) is 0 Å². The summed E-state index contributed by atoms with van der Waals surface area (Å²) in [7, 11) is 1.58. The normalized spacial score (nSPS) is 12.0. The Bertz CT molecular complexity index is 959. The quantitative estimate of drug-likeness (QED) is 0.727. The minimum absolute atomic E-state index is 0.328. The minimum Gasteiger partial charge on any atom is -0.383 e. The SMILES string of the molecule is COCCn1c(=NC(=O)c2ccccc2C)sc2cccc(F)c21. The van der Waals surface area contributed by atoms with Gasteiger partial charge in [0, 0.05) is 19.2 Å². The monoisotopic (exact) mass is 344 g/mol. The summed E-state index contributed by atoms with van der Waals surface area (Å²) in [5.74, 6) is -0.657. The maximum Gasteiger partial charge on any atom is 0.279 e. The molecule has 0 fully saturated rings. The van der Waals surface area contributed by atoms with Crippen LogP contribution >= 0.6 is 11.3 Å². The first kappa shape index (κ1) is 16.5. The van der Waals surface area contributed by atoms with Crippen molar-refractivity contribution in [3.63, 3.8) is 0 Å². The summed E-state index contributed by atoms with van der Waals surface area (Å²) >= 11 is 1.30. The third-order valence-corrected chi connectivity index (χ3v) is 4.79. The fourth-order valence-electron chi connectivity index (χ4n) is 2.52. The van der Waals surface area contributed by atoms with E-state index in [1.807, 2.05) is 25.1 Å². The number of carbonyl (C=O) groups is 1. The van der Waals surface area contributed by atoms with Gasteiger partial charge in [0.2, 0.25) is 0 Å². The van der Waals surface area contributed by atoms with Crippen LogP contribution < -0.4 is 4.80 Å². The Labute approximate surface area is 142 Å². The zero-order valence-electron chi connectivity index (χ0n) is 13.5. The highest BCUT2D eigenvalue weighted by molar-refractivity contribution is 7.16. The molecular weight excluding hydrogens is 327 g/mol. The van der Waals surface area contributed by atoms with Gasteiger partial charge in [-0.25, -0.2) is 4.39 Å². The van der Waals surface area contributed by atoms with Crippen LogP contribution in [0, 0.1) is 12.7 Å². The highest BCUT2D eigenvalue weighted by Crippen LogP contribution is 2.20. The van der Waals surface area contributed by atoms with Gasteiger partial charge in [0.15, 0.2) is 4.80 Å². The summed E-state index contributed by atoms with van der Waals surface area (Å²) in [6.45, 7) is 2.70. The molecule has 4 nitrogen and oxygen atoms in total. The van der Waals surface area contributed by atoms with Gasteiger partial charge in [0.25, 0.3) is 5.91 Å². The fourth-order valence-corrected chi connectivity index (χ4v) is 3.59. The van der Waals surface area contributed by atoms with Crippen molar-refractivity contribution in [3.8, 4) is 0 Å². The zero-order chi connectivity index (χ0) is 17.1. The van der Waals surface area contributed by atoms with Gasteiger partial charge in [-0.05, 0) is 30.7 Å². The topological polar surface area (TPSA) is 43.6 Å². The molecule has 3 rings (SSSR count). The molecule has 1 heterocycles. The molecule has 0 atom stereocenters. The smallest absolute Gasteiger partial charge is 0.279 e. The van der Waals surface area contributed by atoms with Crippen molar-refractivity contribution in [2.75, 3.05) is 13.7 Å². The molecule has 0 N–H and O–H groups in total. The van der Waals surface area contributed by atoms with E-state index >= 15 is 0 Å². The van der Waals surface area contributed by atoms with E-state index in [0.29, 0.717) is 29.0 Å². The van der Waals surface area contributed by atoms with Crippen LogP contribution in [0.5, 0.6) is 0 Å². The van der Waals surface area contributed by atoms with E-state index in [1.54, 1.807) is 29.9 Å². The van der Waals surface area contributed by atoms with Gasteiger partial charge in [-0.3, -0.25) is 4.79 Å². The van der Waals surface area contributed by atoms with Crippen LogP contribution in [0.25, 0.3) is 10.2 Å². The molecular formula is C18H17FN2O2S. The van der Waals surface area contributed by atoms with E-state index in [4.69, 9.17) is 4.74 Å². The number of nitrogens with zero attached hydrogens (tertiary/aromatic N) is 2. The van der Waals surface area contributed by atoms with Crippen LogP contribution in [0.15, 0.2) is 47.5 Å². The van der Waals surface area contributed by atoms with Gasteiger partial charge >= 0.3 is 0 Å². The molecule has 0 unspecified atom stereocenters. The Morgan fingerprint density at radius 3 is 2.79 bits per heavy atom. The van der Waals surface area contributed by atoms with Crippen molar-refractivity contribution >= 4 is 27.5 Å². The molecule has 0 saturated heterocycles. The van der Waals surface area contributed by atoms with E-state index in [9.17, 15) is 9.18 Å². The second-order valence-electron chi connectivity index (χ2n) is 5.35. The summed E-state index contributed by atoms with van der Waals surface area (Å²) in [5, 5.41) is 0. The third kappa shape index (κ3) is 3.16. The van der Waals surface area contributed by atoms with Crippen LogP contribution in [0.1, 0.15) is 15.9 Å². The van der Waals surface area contributed by atoms with Gasteiger partial charge in [-0.15, -0.1) is 0 Å². The van der Waals surface area contributed by atoms with Crippen LogP contribution in [-0.4, -0.2) is 24.2 Å². The summed E-state index contributed by atoms with van der Waals surface area (Å²) < 4.78 is 21.8. The number of aromatic nitrogens is 1. The molecule has 0 bridgehead atoms. The van der Waals surface area contributed by atoms with Gasteiger partial charge in [-0.2, -0.15) is 4.99 Å². The Morgan fingerprint density at radius 2 is 2.04 bits per heavy atom. The first-order valence-corrected chi connectivity index (χ1v) is 8.35. The fraction of sp³-hybridized carbons (Fsp3) is 0.222. The maximum atomic E-state index is 14.2. The molecule has 124 valence electrons. The lowest BCUT2D eigenvalue weighted by Gasteiger charge is -2.05. The molecule has 0 saturated carbocycles. The van der Waals surface area contributed by atoms with Gasteiger partial charge in [0.05, 0.1) is 16.8 Å². The molecule has 24 heavy (non-hydrogen) atoms. The highest BCUT2D eigenvalue weighted by Gasteiger charge is 2.13. The Balaban J connectivity index is 2.16. The van der Waals surface area contributed by atoms with Crippen molar-refractivity contribution in [2.24, 2.45) is 4.99 Å². The van der Waals surface area contributed by atoms with Gasteiger partial charge in [-0.1, -0.05) is 35.6 Å². The van der Waals surface area contributed by atoms with Crippen molar-refractivity contribution in [1.82, 2.24) is 4.57 Å². The summed E-state index contributed by atoms with van der Waals surface area (Å²) in [5.41, 5.74) is 1.87. The molecule has 1 aromatic heterocycles. The molecule has 0 aliphatic heterocycles. The minimum atomic E-state index is -0.329. The van der Waals surface area contributed by atoms with E-state index in [0.717, 1.165) is 10.3 Å². The molecule has 3 aromatic rings. The Morgan fingerprint density at radius 1 is 1.25 bits per heavy atom. The molecule has 0 aliphatic rings. The largest absolute Gasteiger partial charge is 0.383 e. The molecule has 1 amide bonds. The molecule has 2 aromatic carbocycles. The number of benzene rings is 2. The molecule has 6 heteroatoms. The number of hydrogen-bond donors (Lipinski definition) is 0. The lowest BCUT2D eigenvalue weighted by molar-refractivity contribution is 0.0996. The maximum absolute atomic E-state index is 14.2. The van der Waals surface area contributed by atoms with Crippen molar-refractivity contribution < 1.29 is 13.9 Å². The highest BCUT2D eigenvalue weighted by atomic mass is 32.1. The average molecular weight is 344 g/mol. The number of ether oxygens (including phenoxy) is 1. The lowest BCUT2D eigenvalue weighted by Crippen LogP contribution is -2.20. The first-order valence-electron chi connectivity index (χ1n) is 7.53. The van der Waals surface area contributed by atoms with E-state index in [2.05, 4.69) is 4.99 Å². The Kier molecular flexibility index (Phi) is 4.87. The number of rotatable bonds is 4.